The van der Waals surface area contributed by atoms with Crippen LogP contribution in [0.3, 0.4) is 0 Å². The Bertz CT molecular complexity index is 187. The van der Waals surface area contributed by atoms with Crippen molar-refractivity contribution in [3.63, 3.8) is 0 Å². The Kier molecular flexibility index (Phi) is 7.94. The molecule has 0 rings (SSSR count). The quantitative estimate of drug-likeness (QED) is 0.499. The van der Waals surface area contributed by atoms with Gasteiger partial charge in [-0.15, -0.1) is 0 Å². The van der Waals surface area contributed by atoms with Gasteiger partial charge in [0.2, 0.25) is 0 Å². The lowest BCUT2D eigenvalue weighted by atomic mass is 10.4. The van der Waals surface area contributed by atoms with Crippen molar-refractivity contribution in [2.24, 2.45) is 0 Å². The Hall–Kier alpha value is -1.81. The number of carboxylic acid groups (broad SMARTS) is 1. The van der Waals surface area contributed by atoms with E-state index in [1.54, 1.807) is 12.1 Å². The largest absolute Gasteiger partial charge is 0.481 e. The van der Waals surface area contributed by atoms with Gasteiger partial charge in [0.05, 0.1) is 0 Å². The summed E-state index contributed by atoms with van der Waals surface area (Å²) in [5, 5.41) is 22.9. The second-order valence-electron chi connectivity index (χ2n) is 1.22. The van der Waals surface area contributed by atoms with Gasteiger partial charge in [-0.2, -0.15) is 10.5 Å². The van der Waals surface area contributed by atoms with Gasteiger partial charge < -0.3 is 5.11 Å². The summed E-state index contributed by atoms with van der Waals surface area (Å²) in [6, 6.07) is 3.12. The van der Waals surface area contributed by atoms with E-state index in [1.165, 1.54) is 0 Å². The maximum absolute atomic E-state index is 9.00. The van der Waals surface area contributed by atoms with Gasteiger partial charge in [0.1, 0.15) is 17.7 Å². The van der Waals surface area contributed by atoms with E-state index in [2.05, 4.69) is 6.58 Å². The molecule has 0 fully saturated rings. The highest BCUT2D eigenvalue weighted by Gasteiger charge is 1.76. The molecule has 0 aromatic rings. The van der Waals surface area contributed by atoms with E-state index in [4.69, 9.17) is 20.4 Å². The number of allylic oxidation sites excluding steroid dienone is 1. The molecule has 0 heterocycles. The molecule has 52 valence electrons. The fraction of sp³-hybridized carbons (Fsp3) is 0.167. The summed E-state index contributed by atoms with van der Waals surface area (Å²) in [7, 11) is 0. The summed E-state index contributed by atoms with van der Waals surface area (Å²) in [5.41, 5.74) is -0.0463. The third-order valence-corrected chi connectivity index (χ3v) is 0.270. The molecule has 0 spiro atoms. The number of carboxylic acids is 1. The van der Waals surface area contributed by atoms with Gasteiger partial charge >= 0.3 is 0 Å². The molecule has 10 heavy (non-hydrogen) atoms. The highest BCUT2D eigenvalue weighted by molar-refractivity contribution is 5.62. The summed E-state index contributed by atoms with van der Waals surface area (Å²) in [6.45, 7) is 4.15. The van der Waals surface area contributed by atoms with Gasteiger partial charge in [0.25, 0.3) is 5.97 Å². The van der Waals surface area contributed by atoms with Crippen molar-refractivity contribution in [2.45, 2.75) is 6.92 Å². The van der Waals surface area contributed by atoms with Crippen molar-refractivity contribution < 1.29 is 9.90 Å². The van der Waals surface area contributed by atoms with E-state index >= 15 is 0 Å². The topological polar surface area (TPSA) is 84.9 Å². The van der Waals surface area contributed by atoms with Gasteiger partial charge in [-0.05, 0) is 0 Å². The molecule has 0 atom stereocenters. The zero-order chi connectivity index (χ0) is 8.57. The van der Waals surface area contributed by atoms with Crippen LogP contribution >= 0.6 is 0 Å². The minimum absolute atomic E-state index is 0.0463. The van der Waals surface area contributed by atoms with Crippen LogP contribution in [-0.4, -0.2) is 11.1 Å². The lowest BCUT2D eigenvalue weighted by molar-refractivity contribution is -0.134. The van der Waals surface area contributed by atoms with E-state index in [-0.39, 0.29) is 5.57 Å². The minimum atomic E-state index is -0.833. The molecule has 0 aliphatic carbocycles. The number of hydrogen-bond donors (Lipinski definition) is 1. The van der Waals surface area contributed by atoms with Gasteiger partial charge in [0.15, 0.2) is 0 Å². The number of nitriles is 2. The van der Waals surface area contributed by atoms with Gasteiger partial charge in [-0.3, -0.25) is 4.79 Å². The van der Waals surface area contributed by atoms with E-state index in [1.807, 2.05) is 0 Å². The van der Waals surface area contributed by atoms with Crippen LogP contribution in [0.4, 0.5) is 0 Å². The van der Waals surface area contributed by atoms with Crippen molar-refractivity contribution in [3.8, 4) is 12.1 Å². The lowest BCUT2D eigenvalue weighted by Crippen LogP contribution is -1.78. The van der Waals surface area contributed by atoms with Crippen molar-refractivity contribution in [2.75, 3.05) is 0 Å². The maximum Gasteiger partial charge on any atom is 0.300 e. The summed E-state index contributed by atoms with van der Waals surface area (Å²) >= 11 is 0. The predicted octanol–water partition coefficient (Wildman–Crippen LogP) is 0.681. The highest BCUT2D eigenvalue weighted by Crippen LogP contribution is 1.75. The molecule has 0 aliphatic rings. The summed E-state index contributed by atoms with van der Waals surface area (Å²) in [4.78, 5) is 9.00. The third-order valence-electron chi connectivity index (χ3n) is 0.270. The number of aliphatic carboxylic acids is 1. The average Bonchev–Trinajstić information content (AvgIpc) is 1.85. The van der Waals surface area contributed by atoms with Gasteiger partial charge in [-0.1, -0.05) is 6.58 Å². The van der Waals surface area contributed by atoms with E-state index in [0.717, 1.165) is 6.92 Å². The van der Waals surface area contributed by atoms with Gasteiger partial charge in [-0.25, -0.2) is 0 Å². The van der Waals surface area contributed by atoms with Crippen molar-refractivity contribution in [1.29, 1.82) is 10.5 Å². The Morgan fingerprint density at radius 3 is 1.70 bits per heavy atom. The average molecular weight is 138 g/mol. The van der Waals surface area contributed by atoms with Crippen LogP contribution in [0, 0.1) is 22.7 Å². The second-order valence-corrected chi connectivity index (χ2v) is 1.22. The second kappa shape index (κ2) is 7.19. The monoisotopic (exact) mass is 138 g/mol. The maximum atomic E-state index is 9.00. The van der Waals surface area contributed by atoms with Crippen LogP contribution in [-0.2, 0) is 4.79 Å². The molecule has 0 bridgehead atoms. The molecule has 0 unspecified atom stereocenters. The molecule has 4 heteroatoms. The third kappa shape index (κ3) is 34.8. The molecule has 0 aliphatic heterocycles. The van der Waals surface area contributed by atoms with Gasteiger partial charge in [0, 0.05) is 6.92 Å². The number of nitrogens with zero attached hydrogens (tertiary/aromatic N) is 2. The van der Waals surface area contributed by atoms with Crippen LogP contribution in [0.1, 0.15) is 6.92 Å². The molecule has 0 aromatic heterocycles. The molecule has 0 aromatic carbocycles. The highest BCUT2D eigenvalue weighted by atomic mass is 16.4. The first-order chi connectivity index (χ1) is 4.54. The van der Waals surface area contributed by atoms with E-state index in [0.29, 0.717) is 0 Å². The van der Waals surface area contributed by atoms with E-state index in [9.17, 15) is 0 Å². The normalized spacial score (nSPS) is 5.50. The molecule has 0 radical (unpaired) electrons. The summed E-state index contributed by atoms with van der Waals surface area (Å²) < 4.78 is 0. The molecule has 0 amide bonds. The van der Waals surface area contributed by atoms with Crippen LogP contribution < -0.4 is 0 Å². The first-order valence-corrected chi connectivity index (χ1v) is 2.23. The smallest absolute Gasteiger partial charge is 0.300 e. The van der Waals surface area contributed by atoms with Crippen LogP contribution in [0.2, 0.25) is 0 Å². The zero-order valence-electron chi connectivity index (χ0n) is 5.46. The van der Waals surface area contributed by atoms with E-state index < -0.39 is 5.97 Å². The Morgan fingerprint density at radius 1 is 1.50 bits per heavy atom. The van der Waals surface area contributed by atoms with Crippen LogP contribution in [0.15, 0.2) is 12.2 Å². The standard InChI is InChI=1S/C4H2N2.C2H4O2/c1-4(2-5)3-6;1-2(3)4/h1H2;1H3,(H,3,4). The SMILES string of the molecule is C=C(C#N)C#N.CC(=O)O. The predicted molar refractivity (Wildman–Crippen MR) is 33.7 cm³/mol. The Balaban J connectivity index is 0. The van der Waals surface area contributed by atoms with Crippen LogP contribution in [0.5, 0.6) is 0 Å². The molecule has 4 nitrogen and oxygen atoms in total. The first kappa shape index (κ1) is 11.0. The fourth-order valence-electron chi connectivity index (χ4n) is 0.0250. The number of hydrogen-bond acceptors (Lipinski definition) is 3. The van der Waals surface area contributed by atoms with Crippen molar-refractivity contribution >= 4 is 5.97 Å². The first-order valence-electron chi connectivity index (χ1n) is 2.23. The molecular weight excluding hydrogens is 132 g/mol. The fourth-order valence-corrected chi connectivity index (χ4v) is 0.0250. The molecule has 1 N–H and O–H groups in total. The minimum Gasteiger partial charge on any atom is -0.481 e. The summed E-state index contributed by atoms with van der Waals surface area (Å²) in [5.74, 6) is -0.833. The molecular formula is C6H6N2O2. The Morgan fingerprint density at radius 2 is 1.70 bits per heavy atom. The zero-order valence-corrected chi connectivity index (χ0v) is 5.46. The lowest BCUT2D eigenvalue weighted by Gasteiger charge is -1.59. The molecule has 0 saturated heterocycles. The number of rotatable bonds is 0. The van der Waals surface area contributed by atoms with Crippen molar-refractivity contribution in [3.05, 3.63) is 12.2 Å². The van der Waals surface area contributed by atoms with Crippen LogP contribution in [0.25, 0.3) is 0 Å². The van der Waals surface area contributed by atoms with Crippen molar-refractivity contribution in [1.82, 2.24) is 0 Å². The number of carbonyl (C=O) groups is 1. The Labute approximate surface area is 58.6 Å². The summed E-state index contributed by atoms with van der Waals surface area (Å²) in [6.07, 6.45) is 0. The molecule has 0 saturated carbocycles.